The molecular formula is C17H21N5O2. The first-order valence-electron chi connectivity index (χ1n) is 8.09. The van der Waals surface area contributed by atoms with Crippen LogP contribution >= 0.6 is 0 Å². The van der Waals surface area contributed by atoms with Gasteiger partial charge in [-0.1, -0.05) is 6.07 Å². The summed E-state index contributed by atoms with van der Waals surface area (Å²) in [5.74, 6) is 0.224. The Balaban J connectivity index is 1.60. The highest BCUT2D eigenvalue weighted by atomic mass is 16.5. The van der Waals surface area contributed by atoms with Gasteiger partial charge in [-0.3, -0.25) is 9.78 Å². The Morgan fingerprint density at radius 3 is 3.08 bits per heavy atom. The van der Waals surface area contributed by atoms with E-state index in [1.54, 1.807) is 18.5 Å². The summed E-state index contributed by atoms with van der Waals surface area (Å²) >= 11 is 0. The Hall–Kier alpha value is -2.54. The maximum Gasteiger partial charge on any atom is 0.270 e. The van der Waals surface area contributed by atoms with Gasteiger partial charge in [0.1, 0.15) is 5.69 Å². The highest BCUT2D eigenvalue weighted by Gasteiger charge is 2.16. The van der Waals surface area contributed by atoms with Crippen molar-refractivity contribution in [3.8, 4) is 0 Å². The molecule has 2 N–H and O–H groups in total. The van der Waals surface area contributed by atoms with Crippen LogP contribution in [-0.2, 0) is 11.3 Å². The Labute approximate surface area is 140 Å². The lowest BCUT2D eigenvalue weighted by Gasteiger charge is -2.12. The Kier molecular flexibility index (Phi) is 5.32. The third-order valence-corrected chi connectivity index (χ3v) is 3.77. The summed E-state index contributed by atoms with van der Waals surface area (Å²) in [6, 6.07) is 5.42. The van der Waals surface area contributed by atoms with Crippen LogP contribution < -0.4 is 10.6 Å². The number of aromatic nitrogens is 3. The van der Waals surface area contributed by atoms with Gasteiger partial charge in [0.15, 0.2) is 0 Å². The van der Waals surface area contributed by atoms with E-state index in [4.69, 9.17) is 4.74 Å². The average Bonchev–Trinajstić information content (AvgIpc) is 3.12. The first-order chi connectivity index (χ1) is 11.7. The topological polar surface area (TPSA) is 89.0 Å². The summed E-state index contributed by atoms with van der Waals surface area (Å²) < 4.78 is 5.57. The molecule has 1 aliphatic rings. The lowest BCUT2D eigenvalue weighted by Crippen LogP contribution is -2.25. The van der Waals surface area contributed by atoms with Gasteiger partial charge < -0.3 is 15.4 Å². The number of ether oxygens (including phenoxy) is 1. The quantitative estimate of drug-likeness (QED) is 0.839. The van der Waals surface area contributed by atoms with Gasteiger partial charge in [-0.25, -0.2) is 9.97 Å². The molecule has 1 aliphatic heterocycles. The van der Waals surface area contributed by atoms with Gasteiger partial charge in [0.05, 0.1) is 6.10 Å². The molecular weight excluding hydrogens is 306 g/mol. The molecule has 1 amide bonds. The minimum absolute atomic E-state index is 0.192. The zero-order valence-corrected chi connectivity index (χ0v) is 13.7. The summed E-state index contributed by atoms with van der Waals surface area (Å²) in [5.41, 5.74) is 2.03. The van der Waals surface area contributed by atoms with Crippen molar-refractivity contribution in [2.24, 2.45) is 0 Å². The standard InChI is InChI=1S/C17H21N5O2/c1-12-8-15(16(23)19-10-13-4-2-6-18-9-13)22-17(21-12)20-11-14-5-3-7-24-14/h2,4,6,8-9,14H,3,5,7,10-11H2,1H3,(H,19,23)(H,20,21,22). The second kappa shape index (κ2) is 7.83. The van der Waals surface area contributed by atoms with Gasteiger partial charge in [-0.05, 0) is 37.5 Å². The first kappa shape index (κ1) is 16.3. The molecule has 7 heteroatoms. The molecule has 0 aliphatic carbocycles. The molecule has 1 unspecified atom stereocenters. The molecule has 0 radical (unpaired) electrons. The van der Waals surface area contributed by atoms with Crippen LogP contribution in [0.1, 0.15) is 34.6 Å². The molecule has 0 bridgehead atoms. The maximum atomic E-state index is 12.3. The summed E-state index contributed by atoms with van der Waals surface area (Å²) in [7, 11) is 0. The van der Waals surface area contributed by atoms with Crippen LogP contribution in [0.3, 0.4) is 0 Å². The fourth-order valence-electron chi connectivity index (χ4n) is 2.55. The number of anilines is 1. The summed E-state index contributed by atoms with van der Waals surface area (Å²) in [5, 5.41) is 6.00. The number of aryl methyl sites for hydroxylation is 1. The molecule has 24 heavy (non-hydrogen) atoms. The van der Waals surface area contributed by atoms with Crippen LogP contribution in [0, 0.1) is 6.92 Å². The largest absolute Gasteiger partial charge is 0.376 e. The number of nitrogens with zero attached hydrogens (tertiary/aromatic N) is 3. The van der Waals surface area contributed by atoms with Gasteiger partial charge in [-0.15, -0.1) is 0 Å². The number of pyridine rings is 1. The van der Waals surface area contributed by atoms with Crippen molar-refractivity contribution in [1.29, 1.82) is 0 Å². The highest BCUT2D eigenvalue weighted by molar-refractivity contribution is 5.92. The smallest absolute Gasteiger partial charge is 0.270 e. The minimum atomic E-state index is -0.232. The van der Waals surface area contributed by atoms with Gasteiger partial charge in [0.2, 0.25) is 5.95 Å². The normalized spacial score (nSPS) is 16.8. The fourth-order valence-corrected chi connectivity index (χ4v) is 2.55. The van der Waals surface area contributed by atoms with Crippen molar-refractivity contribution in [2.75, 3.05) is 18.5 Å². The second-order valence-corrected chi connectivity index (χ2v) is 5.78. The molecule has 1 atom stereocenters. The molecule has 0 spiro atoms. The lowest BCUT2D eigenvalue weighted by atomic mass is 10.2. The van der Waals surface area contributed by atoms with E-state index in [-0.39, 0.29) is 12.0 Å². The third kappa shape index (κ3) is 4.48. The molecule has 1 saturated heterocycles. The molecule has 1 fully saturated rings. The summed E-state index contributed by atoms with van der Waals surface area (Å²) in [4.78, 5) is 25.0. The number of hydrogen-bond donors (Lipinski definition) is 2. The van der Waals surface area contributed by atoms with Gasteiger partial charge in [0.25, 0.3) is 5.91 Å². The van der Waals surface area contributed by atoms with Crippen molar-refractivity contribution in [2.45, 2.75) is 32.4 Å². The first-order valence-corrected chi connectivity index (χ1v) is 8.09. The van der Waals surface area contributed by atoms with E-state index in [0.29, 0.717) is 24.7 Å². The van der Waals surface area contributed by atoms with E-state index in [2.05, 4.69) is 25.6 Å². The van der Waals surface area contributed by atoms with E-state index in [1.165, 1.54) is 0 Å². The lowest BCUT2D eigenvalue weighted by molar-refractivity contribution is 0.0945. The zero-order valence-electron chi connectivity index (χ0n) is 13.7. The molecule has 0 aromatic carbocycles. The summed E-state index contributed by atoms with van der Waals surface area (Å²) in [6.07, 6.45) is 5.74. The van der Waals surface area contributed by atoms with Gasteiger partial charge >= 0.3 is 0 Å². The van der Waals surface area contributed by atoms with Crippen LogP contribution in [0.25, 0.3) is 0 Å². The van der Waals surface area contributed by atoms with E-state index < -0.39 is 0 Å². The van der Waals surface area contributed by atoms with Crippen LogP contribution in [0.2, 0.25) is 0 Å². The monoisotopic (exact) mass is 327 g/mol. The molecule has 3 rings (SSSR count). The number of nitrogens with one attached hydrogen (secondary N) is 2. The average molecular weight is 327 g/mol. The van der Waals surface area contributed by atoms with Crippen molar-refractivity contribution < 1.29 is 9.53 Å². The van der Waals surface area contributed by atoms with E-state index in [9.17, 15) is 4.79 Å². The SMILES string of the molecule is Cc1cc(C(=O)NCc2cccnc2)nc(NCC2CCCO2)n1. The molecule has 7 nitrogen and oxygen atoms in total. The molecule has 2 aromatic heterocycles. The van der Waals surface area contributed by atoms with Crippen LogP contribution in [-0.4, -0.2) is 40.1 Å². The van der Waals surface area contributed by atoms with Crippen LogP contribution in [0.4, 0.5) is 5.95 Å². The molecule has 2 aromatic rings. The van der Waals surface area contributed by atoms with Crippen molar-refractivity contribution in [1.82, 2.24) is 20.3 Å². The second-order valence-electron chi connectivity index (χ2n) is 5.78. The predicted octanol–water partition coefficient (Wildman–Crippen LogP) is 1.70. The number of rotatable bonds is 6. The minimum Gasteiger partial charge on any atom is -0.376 e. The van der Waals surface area contributed by atoms with Crippen LogP contribution in [0.5, 0.6) is 0 Å². The molecule has 3 heterocycles. The third-order valence-electron chi connectivity index (χ3n) is 3.77. The maximum absolute atomic E-state index is 12.3. The van der Waals surface area contributed by atoms with Crippen LogP contribution in [0.15, 0.2) is 30.6 Å². The number of hydrogen-bond acceptors (Lipinski definition) is 6. The highest BCUT2D eigenvalue weighted by Crippen LogP contribution is 2.13. The fraction of sp³-hybridized carbons (Fsp3) is 0.412. The zero-order chi connectivity index (χ0) is 16.8. The Morgan fingerprint density at radius 2 is 2.33 bits per heavy atom. The number of carbonyl (C=O) groups is 1. The molecule has 126 valence electrons. The van der Waals surface area contributed by atoms with Crippen molar-refractivity contribution >= 4 is 11.9 Å². The van der Waals surface area contributed by atoms with Crippen molar-refractivity contribution in [3.63, 3.8) is 0 Å². The summed E-state index contributed by atoms with van der Waals surface area (Å²) in [6.45, 7) is 3.72. The van der Waals surface area contributed by atoms with E-state index in [1.807, 2.05) is 19.1 Å². The van der Waals surface area contributed by atoms with Gasteiger partial charge in [0, 0.05) is 37.8 Å². The van der Waals surface area contributed by atoms with E-state index >= 15 is 0 Å². The molecule has 0 saturated carbocycles. The number of amides is 1. The van der Waals surface area contributed by atoms with Gasteiger partial charge in [-0.2, -0.15) is 0 Å². The predicted molar refractivity (Wildman–Crippen MR) is 89.6 cm³/mol. The number of carbonyl (C=O) groups excluding carboxylic acids is 1. The Bertz CT molecular complexity index is 687. The van der Waals surface area contributed by atoms with E-state index in [0.717, 1.165) is 30.7 Å². The van der Waals surface area contributed by atoms with Crippen molar-refractivity contribution in [3.05, 3.63) is 47.5 Å². The Morgan fingerprint density at radius 1 is 1.42 bits per heavy atom.